The summed E-state index contributed by atoms with van der Waals surface area (Å²) in [7, 11) is 0. The highest BCUT2D eigenvalue weighted by molar-refractivity contribution is 5.81. The normalized spacial score (nSPS) is 10.6. The lowest BCUT2D eigenvalue weighted by Gasteiger charge is -2.28. The number of hydrogen-bond acceptors (Lipinski definition) is 6. The highest BCUT2D eigenvalue weighted by Crippen LogP contribution is 2.36. The quantitative estimate of drug-likeness (QED) is 0.127. The third kappa shape index (κ3) is 8.53. The molecule has 0 saturated carbocycles. The Morgan fingerprint density at radius 1 is 0.703 bits per heavy atom. The fourth-order valence-corrected chi connectivity index (χ4v) is 3.72. The Balaban J connectivity index is 2.23. The molecule has 2 rings (SSSR count). The summed E-state index contributed by atoms with van der Waals surface area (Å²) < 4.78 is 21.7. The van der Waals surface area contributed by atoms with Crippen molar-refractivity contribution < 1.29 is 28.5 Å². The van der Waals surface area contributed by atoms with Crippen molar-refractivity contribution in [2.24, 2.45) is 0 Å². The molecule has 196 valence electrons. The van der Waals surface area contributed by atoms with Gasteiger partial charge in [-0.3, -0.25) is 0 Å². The number of hydrogen-bond donors (Lipinski definition) is 0. The van der Waals surface area contributed by atoms with Crippen LogP contribution < -0.4 is 9.47 Å². The van der Waals surface area contributed by atoms with Gasteiger partial charge in [0.05, 0.1) is 0 Å². The zero-order chi connectivity index (χ0) is 27.3. The summed E-state index contributed by atoms with van der Waals surface area (Å²) in [5.74, 6) is 0.496. The van der Waals surface area contributed by atoms with Crippen molar-refractivity contribution in [3.63, 3.8) is 0 Å². The molecule has 2 aromatic rings. The second-order valence-electron chi connectivity index (χ2n) is 8.70. The van der Waals surface area contributed by atoms with Crippen LogP contribution in [0.15, 0.2) is 87.0 Å². The van der Waals surface area contributed by atoms with Gasteiger partial charge in [0.1, 0.15) is 37.9 Å². The SMILES string of the molecule is C=CCc1cc(C(C)(C)c2ccc(OCCOC(=O)C=C)c(CC=C)c2)ccc1OCCOC(=O)C=C. The van der Waals surface area contributed by atoms with Crippen LogP contribution in [0.3, 0.4) is 0 Å². The molecule has 0 aliphatic rings. The lowest BCUT2D eigenvalue weighted by Crippen LogP contribution is -2.20. The van der Waals surface area contributed by atoms with Gasteiger partial charge in [-0.25, -0.2) is 9.59 Å². The summed E-state index contributed by atoms with van der Waals surface area (Å²) in [6.45, 7) is 19.6. The Hall–Kier alpha value is -4.06. The number of carbonyl (C=O) groups is 2. The molecule has 0 bridgehead atoms. The van der Waals surface area contributed by atoms with Crippen LogP contribution in [0.4, 0.5) is 0 Å². The Morgan fingerprint density at radius 2 is 1.11 bits per heavy atom. The molecule has 0 aliphatic heterocycles. The minimum absolute atomic E-state index is 0.142. The average molecular weight is 505 g/mol. The summed E-state index contributed by atoms with van der Waals surface area (Å²) in [6.07, 6.45) is 7.18. The second-order valence-corrected chi connectivity index (χ2v) is 8.70. The molecule has 37 heavy (non-hydrogen) atoms. The van der Waals surface area contributed by atoms with Crippen molar-refractivity contribution in [1.82, 2.24) is 0 Å². The first-order chi connectivity index (χ1) is 17.8. The van der Waals surface area contributed by atoms with Crippen molar-refractivity contribution in [2.75, 3.05) is 26.4 Å². The van der Waals surface area contributed by atoms with Crippen molar-refractivity contribution in [3.8, 4) is 11.5 Å². The first-order valence-electron chi connectivity index (χ1n) is 12.1. The van der Waals surface area contributed by atoms with Crippen LogP contribution in [0.5, 0.6) is 11.5 Å². The molecule has 0 atom stereocenters. The summed E-state index contributed by atoms with van der Waals surface area (Å²) in [5, 5.41) is 0. The van der Waals surface area contributed by atoms with Crippen molar-refractivity contribution in [1.29, 1.82) is 0 Å². The lowest BCUT2D eigenvalue weighted by molar-refractivity contribution is -0.139. The summed E-state index contributed by atoms with van der Waals surface area (Å²) in [5.41, 5.74) is 3.91. The lowest BCUT2D eigenvalue weighted by atomic mass is 9.77. The molecular formula is C31H36O6. The van der Waals surface area contributed by atoms with Gasteiger partial charge in [0.15, 0.2) is 0 Å². The first kappa shape index (κ1) is 29.2. The van der Waals surface area contributed by atoms with Crippen molar-refractivity contribution in [3.05, 3.63) is 109 Å². The van der Waals surface area contributed by atoms with Crippen LogP contribution >= 0.6 is 0 Å². The highest BCUT2D eigenvalue weighted by atomic mass is 16.6. The fourth-order valence-electron chi connectivity index (χ4n) is 3.72. The number of rotatable bonds is 16. The van der Waals surface area contributed by atoms with Gasteiger partial charge in [-0.2, -0.15) is 0 Å². The molecule has 0 aliphatic carbocycles. The van der Waals surface area contributed by atoms with Crippen LogP contribution in [0, 0.1) is 0 Å². The predicted molar refractivity (Wildman–Crippen MR) is 146 cm³/mol. The van der Waals surface area contributed by atoms with E-state index in [2.05, 4.69) is 52.3 Å². The maximum atomic E-state index is 11.2. The van der Waals surface area contributed by atoms with E-state index in [-0.39, 0.29) is 31.8 Å². The molecule has 0 heterocycles. The third-order valence-corrected chi connectivity index (χ3v) is 5.80. The van der Waals surface area contributed by atoms with E-state index in [9.17, 15) is 9.59 Å². The van der Waals surface area contributed by atoms with Crippen LogP contribution in [-0.2, 0) is 37.3 Å². The molecule has 0 fully saturated rings. The Morgan fingerprint density at radius 3 is 1.46 bits per heavy atom. The summed E-state index contributed by atoms with van der Waals surface area (Å²) in [6, 6.07) is 12.2. The summed E-state index contributed by atoms with van der Waals surface area (Å²) >= 11 is 0. The van der Waals surface area contributed by atoms with E-state index in [0.717, 1.165) is 45.9 Å². The van der Waals surface area contributed by atoms with Crippen molar-refractivity contribution in [2.45, 2.75) is 32.1 Å². The molecule has 2 aromatic carbocycles. The second kappa shape index (κ2) is 14.5. The molecule has 0 amide bonds. The van der Waals surface area contributed by atoms with Crippen molar-refractivity contribution >= 4 is 11.9 Å². The van der Waals surface area contributed by atoms with E-state index in [0.29, 0.717) is 12.8 Å². The molecule has 6 nitrogen and oxygen atoms in total. The number of ether oxygens (including phenoxy) is 4. The van der Waals surface area contributed by atoms with E-state index in [1.165, 1.54) is 0 Å². The first-order valence-corrected chi connectivity index (χ1v) is 12.1. The smallest absolute Gasteiger partial charge is 0.330 e. The van der Waals surface area contributed by atoms with E-state index >= 15 is 0 Å². The zero-order valence-electron chi connectivity index (χ0n) is 21.8. The van der Waals surface area contributed by atoms with Gasteiger partial charge >= 0.3 is 11.9 Å². The minimum Gasteiger partial charge on any atom is -0.490 e. The van der Waals surface area contributed by atoms with Gasteiger partial charge in [-0.15, -0.1) is 13.2 Å². The van der Waals surface area contributed by atoms with Gasteiger partial charge < -0.3 is 18.9 Å². The van der Waals surface area contributed by atoms with Gasteiger partial charge in [-0.1, -0.05) is 63.4 Å². The maximum absolute atomic E-state index is 11.2. The van der Waals surface area contributed by atoms with E-state index < -0.39 is 11.9 Å². The number of benzene rings is 2. The predicted octanol–water partition coefficient (Wildman–Crippen LogP) is 5.69. The van der Waals surface area contributed by atoms with E-state index in [4.69, 9.17) is 18.9 Å². The van der Waals surface area contributed by atoms with Crippen LogP contribution in [0.25, 0.3) is 0 Å². The van der Waals surface area contributed by atoms with E-state index in [1.807, 2.05) is 36.4 Å². The largest absolute Gasteiger partial charge is 0.490 e. The highest BCUT2D eigenvalue weighted by Gasteiger charge is 2.25. The Bertz CT molecular complexity index is 1040. The van der Waals surface area contributed by atoms with Crippen LogP contribution in [0.2, 0.25) is 0 Å². The van der Waals surface area contributed by atoms with Gasteiger partial charge in [-0.05, 0) is 47.2 Å². The van der Waals surface area contributed by atoms with Crippen LogP contribution in [-0.4, -0.2) is 38.4 Å². The Kier molecular flexibility index (Phi) is 11.4. The molecule has 0 radical (unpaired) electrons. The average Bonchev–Trinajstić information content (AvgIpc) is 2.90. The molecule has 0 saturated heterocycles. The van der Waals surface area contributed by atoms with E-state index in [1.54, 1.807) is 0 Å². The molecular weight excluding hydrogens is 468 g/mol. The fraction of sp³-hybridized carbons (Fsp3) is 0.290. The summed E-state index contributed by atoms with van der Waals surface area (Å²) in [4.78, 5) is 22.5. The molecule has 0 unspecified atom stereocenters. The maximum Gasteiger partial charge on any atom is 0.330 e. The van der Waals surface area contributed by atoms with Gasteiger partial charge in [0.2, 0.25) is 0 Å². The molecule has 0 aromatic heterocycles. The topological polar surface area (TPSA) is 71.1 Å². The number of allylic oxidation sites excluding steroid dienone is 2. The van der Waals surface area contributed by atoms with Crippen LogP contribution in [0.1, 0.15) is 36.1 Å². The molecule has 0 spiro atoms. The molecule has 0 N–H and O–H groups in total. The molecule has 6 heteroatoms. The number of carbonyl (C=O) groups excluding carboxylic acids is 2. The minimum atomic E-state index is -0.476. The van der Waals surface area contributed by atoms with Gasteiger partial charge in [0, 0.05) is 17.6 Å². The van der Waals surface area contributed by atoms with Gasteiger partial charge in [0.25, 0.3) is 0 Å². The monoisotopic (exact) mass is 504 g/mol. The third-order valence-electron chi connectivity index (χ3n) is 5.80. The standard InChI is InChI=1S/C31H36O6/c1-7-11-23-21-25(13-15-27(23)34-17-19-36-29(32)9-3)31(5,6)26-14-16-28(24(22-26)12-8-2)35-18-20-37-30(33)10-4/h7-10,13-16,21-22H,1-4,11-12,17-20H2,5-6H3. The number of esters is 2. The zero-order valence-corrected chi connectivity index (χ0v) is 21.8. The Labute approximate surface area is 219 Å².